The van der Waals surface area contributed by atoms with Gasteiger partial charge < -0.3 is 5.32 Å². The first kappa shape index (κ1) is 16.3. The van der Waals surface area contributed by atoms with Gasteiger partial charge in [0.05, 0.1) is 11.6 Å². The minimum atomic E-state index is -0.102. The topological polar surface area (TPSA) is 29.1 Å². The van der Waals surface area contributed by atoms with E-state index in [2.05, 4.69) is 60.0 Å². The van der Waals surface area contributed by atoms with Gasteiger partial charge in [-0.3, -0.25) is 4.79 Å². The van der Waals surface area contributed by atoms with Gasteiger partial charge in [0.15, 0.2) is 0 Å². The Hall–Kier alpha value is -1.07. The highest BCUT2D eigenvalue weighted by atomic mass is 127. The molecule has 2 rings (SSSR count). The first-order valence-corrected chi connectivity index (χ1v) is 8.17. The minimum absolute atomic E-state index is 0.0483. The van der Waals surface area contributed by atoms with Gasteiger partial charge in [0.1, 0.15) is 0 Å². The highest BCUT2D eigenvalue weighted by Gasteiger charge is 2.15. The molecule has 0 aliphatic rings. The molecule has 2 aromatic carbocycles. The van der Waals surface area contributed by atoms with E-state index in [1.165, 1.54) is 11.1 Å². The molecule has 0 bridgehead atoms. The van der Waals surface area contributed by atoms with E-state index in [4.69, 9.17) is 11.6 Å². The molecule has 0 heterocycles. The van der Waals surface area contributed by atoms with Crippen molar-refractivity contribution in [2.24, 2.45) is 0 Å². The van der Waals surface area contributed by atoms with Gasteiger partial charge in [0, 0.05) is 8.59 Å². The fraction of sp³-hybridized carbons (Fsp3) is 0.235. The van der Waals surface area contributed by atoms with Crippen molar-refractivity contribution >= 4 is 40.1 Å². The first-order valence-electron chi connectivity index (χ1n) is 6.71. The maximum Gasteiger partial charge on any atom is 0.252 e. The number of carbonyl (C=O) groups is 1. The zero-order chi connectivity index (χ0) is 15.6. The van der Waals surface area contributed by atoms with E-state index in [1.807, 2.05) is 13.0 Å². The summed E-state index contributed by atoms with van der Waals surface area (Å²) in [7, 11) is 0. The van der Waals surface area contributed by atoms with Crippen LogP contribution in [0.25, 0.3) is 0 Å². The normalized spacial score (nSPS) is 12.0. The van der Waals surface area contributed by atoms with Crippen LogP contribution in [0.2, 0.25) is 5.02 Å². The Morgan fingerprint density at radius 1 is 1.19 bits per heavy atom. The summed E-state index contributed by atoms with van der Waals surface area (Å²) in [6.07, 6.45) is 0. The zero-order valence-corrected chi connectivity index (χ0v) is 15.1. The van der Waals surface area contributed by atoms with Crippen LogP contribution in [0.15, 0.2) is 36.4 Å². The maximum atomic E-state index is 12.4. The van der Waals surface area contributed by atoms with Crippen LogP contribution >= 0.6 is 34.2 Å². The predicted molar refractivity (Wildman–Crippen MR) is 96.0 cm³/mol. The van der Waals surface area contributed by atoms with Gasteiger partial charge in [-0.05, 0) is 72.7 Å². The van der Waals surface area contributed by atoms with Crippen LogP contribution in [0.4, 0.5) is 0 Å². The number of amides is 1. The Labute approximate surface area is 144 Å². The first-order chi connectivity index (χ1) is 9.88. The molecule has 1 amide bonds. The summed E-state index contributed by atoms with van der Waals surface area (Å²) in [5, 5.41) is 3.61. The lowest BCUT2D eigenvalue weighted by Crippen LogP contribution is -2.27. The predicted octanol–water partition coefficient (Wildman–Crippen LogP) is 5.05. The van der Waals surface area contributed by atoms with Crippen molar-refractivity contribution in [1.29, 1.82) is 0 Å². The molecule has 0 spiro atoms. The summed E-state index contributed by atoms with van der Waals surface area (Å²) < 4.78 is 0.891. The van der Waals surface area contributed by atoms with Gasteiger partial charge in [-0.15, -0.1) is 0 Å². The van der Waals surface area contributed by atoms with Gasteiger partial charge >= 0.3 is 0 Å². The van der Waals surface area contributed by atoms with Gasteiger partial charge in [0.2, 0.25) is 0 Å². The average Bonchev–Trinajstić information content (AvgIpc) is 2.41. The number of nitrogens with one attached hydrogen (secondary N) is 1. The third-order valence-electron chi connectivity index (χ3n) is 3.41. The molecule has 1 unspecified atom stereocenters. The second kappa shape index (κ2) is 6.79. The number of hydrogen-bond donors (Lipinski definition) is 1. The molecule has 0 saturated carbocycles. The lowest BCUT2D eigenvalue weighted by atomic mass is 10.00. The van der Waals surface area contributed by atoms with Crippen LogP contribution < -0.4 is 5.32 Å². The smallest absolute Gasteiger partial charge is 0.252 e. The van der Waals surface area contributed by atoms with Gasteiger partial charge in [0.25, 0.3) is 5.91 Å². The van der Waals surface area contributed by atoms with Crippen molar-refractivity contribution in [3.63, 3.8) is 0 Å². The van der Waals surface area contributed by atoms with Gasteiger partial charge in [-0.25, -0.2) is 0 Å². The van der Waals surface area contributed by atoms with E-state index in [9.17, 15) is 4.79 Å². The molecule has 2 nitrogen and oxygen atoms in total. The summed E-state index contributed by atoms with van der Waals surface area (Å²) >= 11 is 8.12. The Morgan fingerprint density at radius 2 is 1.90 bits per heavy atom. The summed E-state index contributed by atoms with van der Waals surface area (Å²) in [6.45, 7) is 6.12. The Bertz CT molecular complexity index is 684. The van der Waals surface area contributed by atoms with E-state index in [0.717, 1.165) is 9.13 Å². The second-order valence-electron chi connectivity index (χ2n) is 5.18. The molecular formula is C17H17ClINO. The molecule has 0 fully saturated rings. The summed E-state index contributed by atoms with van der Waals surface area (Å²) in [5.41, 5.74) is 4.15. The minimum Gasteiger partial charge on any atom is -0.345 e. The van der Waals surface area contributed by atoms with Gasteiger partial charge in [-0.2, -0.15) is 0 Å². The van der Waals surface area contributed by atoms with Crippen molar-refractivity contribution in [2.45, 2.75) is 26.8 Å². The highest BCUT2D eigenvalue weighted by Crippen LogP contribution is 2.21. The van der Waals surface area contributed by atoms with E-state index >= 15 is 0 Å². The number of carbonyl (C=O) groups excluding carboxylic acids is 1. The molecule has 4 heteroatoms. The third kappa shape index (κ3) is 3.98. The lowest BCUT2D eigenvalue weighted by Gasteiger charge is -2.17. The van der Waals surface area contributed by atoms with Crippen molar-refractivity contribution in [2.75, 3.05) is 0 Å². The van der Waals surface area contributed by atoms with Crippen molar-refractivity contribution in [3.05, 3.63) is 67.2 Å². The number of hydrogen-bond acceptors (Lipinski definition) is 1. The molecule has 0 aliphatic heterocycles. The molecule has 0 aliphatic carbocycles. The highest BCUT2D eigenvalue weighted by molar-refractivity contribution is 14.1. The van der Waals surface area contributed by atoms with E-state index in [-0.39, 0.29) is 11.9 Å². The zero-order valence-electron chi connectivity index (χ0n) is 12.2. The Morgan fingerprint density at radius 3 is 2.57 bits per heavy atom. The van der Waals surface area contributed by atoms with Crippen LogP contribution in [-0.4, -0.2) is 5.91 Å². The second-order valence-corrected chi connectivity index (χ2v) is 6.78. The number of rotatable bonds is 3. The van der Waals surface area contributed by atoms with Crippen LogP contribution in [0, 0.1) is 17.4 Å². The monoisotopic (exact) mass is 413 g/mol. The summed E-state index contributed by atoms with van der Waals surface area (Å²) in [4.78, 5) is 12.4. The largest absolute Gasteiger partial charge is 0.345 e. The molecule has 0 radical (unpaired) electrons. The van der Waals surface area contributed by atoms with E-state index < -0.39 is 0 Å². The van der Waals surface area contributed by atoms with Crippen molar-refractivity contribution in [3.8, 4) is 0 Å². The molecule has 1 atom stereocenters. The molecule has 110 valence electrons. The third-order valence-corrected chi connectivity index (χ3v) is 4.59. The van der Waals surface area contributed by atoms with Crippen LogP contribution in [0.5, 0.6) is 0 Å². The Kier molecular flexibility index (Phi) is 5.27. The molecule has 1 N–H and O–H groups in total. The van der Waals surface area contributed by atoms with Crippen LogP contribution in [0.3, 0.4) is 0 Å². The van der Waals surface area contributed by atoms with Crippen LogP contribution in [0.1, 0.15) is 40.0 Å². The van der Waals surface area contributed by atoms with Crippen LogP contribution in [-0.2, 0) is 0 Å². The average molecular weight is 414 g/mol. The molecule has 0 saturated heterocycles. The number of halogens is 2. The molecule has 21 heavy (non-hydrogen) atoms. The standard InChI is InChI=1S/C17H17ClINO/c1-10-4-6-14(11(2)8-10)12(3)20-17(21)15-9-13(18)5-7-16(15)19/h4-9,12H,1-3H3,(H,20,21). The lowest BCUT2D eigenvalue weighted by molar-refractivity contribution is 0.0939. The van der Waals surface area contributed by atoms with Crippen molar-refractivity contribution in [1.82, 2.24) is 5.32 Å². The quantitative estimate of drug-likeness (QED) is 0.701. The van der Waals surface area contributed by atoms with Crippen molar-refractivity contribution < 1.29 is 4.79 Å². The van der Waals surface area contributed by atoms with E-state index in [0.29, 0.717) is 10.6 Å². The summed E-state index contributed by atoms with van der Waals surface area (Å²) in [5.74, 6) is -0.102. The number of benzene rings is 2. The molecule has 0 aromatic heterocycles. The maximum absolute atomic E-state index is 12.4. The molecule has 2 aromatic rings. The SMILES string of the molecule is Cc1ccc(C(C)NC(=O)c2cc(Cl)ccc2I)c(C)c1. The molecular weight excluding hydrogens is 397 g/mol. The Balaban J connectivity index is 2.20. The number of aryl methyl sites for hydroxylation is 2. The fourth-order valence-corrected chi connectivity index (χ4v) is 3.09. The van der Waals surface area contributed by atoms with Gasteiger partial charge in [-0.1, -0.05) is 35.4 Å². The van der Waals surface area contributed by atoms with E-state index in [1.54, 1.807) is 12.1 Å². The summed E-state index contributed by atoms with van der Waals surface area (Å²) in [6, 6.07) is 11.5. The fourth-order valence-electron chi connectivity index (χ4n) is 2.34.